The summed E-state index contributed by atoms with van der Waals surface area (Å²) in [7, 11) is 1.59. The van der Waals surface area contributed by atoms with Crippen molar-refractivity contribution >= 4 is 17.5 Å². The Morgan fingerprint density at radius 3 is 2.05 bits per heavy atom. The van der Waals surface area contributed by atoms with E-state index in [2.05, 4.69) is 12.2 Å². The second-order valence-electron chi connectivity index (χ2n) is 5.71. The number of amides is 2. The molecule has 1 heterocycles. The monoisotopic (exact) mass is 269 g/mol. The van der Waals surface area contributed by atoms with E-state index in [1.807, 2.05) is 0 Å². The van der Waals surface area contributed by atoms with Crippen molar-refractivity contribution in [3.63, 3.8) is 0 Å². The average molecular weight is 269 g/mol. The first-order chi connectivity index (χ1) is 9.70. The van der Waals surface area contributed by atoms with Gasteiger partial charge < -0.3 is 4.74 Å². The molecule has 1 saturated carbocycles. The zero-order valence-corrected chi connectivity index (χ0v) is 11.2. The van der Waals surface area contributed by atoms with E-state index in [0.29, 0.717) is 5.69 Å². The Hall–Kier alpha value is -2.10. The van der Waals surface area contributed by atoms with E-state index in [4.69, 9.17) is 4.74 Å². The molecule has 102 valence electrons. The molecule has 4 rings (SSSR count). The van der Waals surface area contributed by atoms with Crippen molar-refractivity contribution in [1.82, 2.24) is 0 Å². The highest BCUT2D eigenvalue weighted by molar-refractivity contribution is 6.22. The van der Waals surface area contributed by atoms with Crippen LogP contribution in [0, 0.1) is 23.7 Å². The van der Waals surface area contributed by atoms with Crippen LogP contribution in [-0.2, 0) is 9.59 Å². The Morgan fingerprint density at radius 2 is 1.55 bits per heavy atom. The first kappa shape index (κ1) is 11.7. The number of hydrogen-bond acceptors (Lipinski definition) is 3. The van der Waals surface area contributed by atoms with Crippen molar-refractivity contribution in [3.05, 3.63) is 36.4 Å². The number of anilines is 1. The number of ether oxygens (including phenoxy) is 1. The van der Waals surface area contributed by atoms with E-state index < -0.39 is 0 Å². The maximum atomic E-state index is 12.6. The van der Waals surface area contributed by atoms with Crippen LogP contribution in [0.3, 0.4) is 0 Å². The molecule has 4 nitrogen and oxygen atoms in total. The van der Waals surface area contributed by atoms with Gasteiger partial charge in [0.05, 0.1) is 24.6 Å². The van der Waals surface area contributed by atoms with E-state index in [-0.39, 0.29) is 35.5 Å². The predicted octanol–water partition coefficient (Wildman–Crippen LogP) is 2.01. The molecule has 1 aliphatic heterocycles. The zero-order chi connectivity index (χ0) is 13.9. The van der Waals surface area contributed by atoms with Crippen LogP contribution in [0.4, 0.5) is 5.69 Å². The van der Waals surface area contributed by atoms with Crippen molar-refractivity contribution in [2.45, 2.75) is 6.42 Å². The van der Waals surface area contributed by atoms with Gasteiger partial charge >= 0.3 is 0 Å². The number of hydrogen-bond donors (Lipinski definition) is 0. The fraction of sp³-hybridized carbons (Fsp3) is 0.375. The smallest absolute Gasteiger partial charge is 0.238 e. The van der Waals surface area contributed by atoms with Gasteiger partial charge in [0.15, 0.2) is 0 Å². The molecule has 1 aromatic carbocycles. The summed E-state index contributed by atoms with van der Waals surface area (Å²) in [6, 6.07) is 7.09. The van der Waals surface area contributed by atoms with Gasteiger partial charge in [0, 0.05) is 0 Å². The highest BCUT2D eigenvalue weighted by Crippen LogP contribution is 2.53. The zero-order valence-electron chi connectivity index (χ0n) is 11.2. The molecule has 20 heavy (non-hydrogen) atoms. The average Bonchev–Trinajstić information content (AvgIpc) is 3.14. The molecule has 2 fully saturated rings. The number of fused-ring (bicyclic) bond motifs is 5. The number of rotatable bonds is 2. The summed E-state index contributed by atoms with van der Waals surface area (Å²) in [4.78, 5) is 26.5. The van der Waals surface area contributed by atoms with Gasteiger partial charge in [-0.15, -0.1) is 0 Å². The topological polar surface area (TPSA) is 46.6 Å². The van der Waals surface area contributed by atoms with Gasteiger partial charge in [-0.2, -0.15) is 0 Å². The van der Waals surface area contributed by atoms with Crippen LogP contribution >= 0.6 is 0 Å². The lowest BCUT2D eigenvalue weighted by atomic mass is 9.85. The van der Waals surface area contributed by atoms with Crippen LogP contribution in [0.15, 0.2) is 36.4 Å². The summed E-state index contributed by atoms with van der Waals surface area (Å²) in [6.45, 7) is 0. The molecule has 4 heteroatoms. The Bertz CT molecular complexity index is 589. The van der Waals surface area contributed by atoms with Crippen LogP contribution in [0.5, 0.6) is 5.75 Å². The number of carbonyl (C=O) groups is 2. The third-order valence-corrected chi connectivity index (χ3v) is 4.80. The van der Waals surface area contributed by atoms with Crippen molar-refractivity contribution in [1.29, 1.82) is 0 Å². The van der Waals surface area contributed by atoms with Crippen LogP contribution in [0.2, 0.25) is 0 Å². The molecular weight excluding hydrogens is 254 g/mol. The standard InChI is InChI=1S/C16H15NO3/c1-20-12-6-4-11(5-7-12)17-15(18)13-9-2-3-10(8-9)14(13)16(17)19/h2-7,9-10,13-14H,8H2,1H3/t9-,10-,13-,14-/m0/s1. The van der Waals surface area contributed by atoms with Gasteiger partial charge in [0.25, 0.3) is 0 Å². The Morgan fingerprint density at radius 1 is 1.00 bits per heavy atom. The predicted molar refractivity (Wildman–Crippen MR) is 73.2 cm³/mol. The molecule has 2 aliphatic carbocycles. The van der Waals surface area contributed by atoms with E-state index in [9.17, 15) is 9.59 Å². The summed E-state index contributed by atoms with van der Waals surface area (Å²) < 4.78 is 5.11. The number of nitrogens with zero attached hydrogens (tertiary/aromatic N) is 1. The van der Waals surface area contributed by atoms with Crippen molar-refractivity contribution in [3.8, 4) is 5.75 Å². The van der Waals surface area contributed by atoms with Gasteiger partial charge in [0.1, 0.15) is 5.75 Å². The van der Waals surface area contributed by atoms with Crippen LogP contribution in [0.25, 0.3) is 0 Å². The SMILES string of the molecule is COc1ccc(N2C(=O)[C@@H]3[C@@H](C2=O)[C@H]2C=C[C@H]3C2)cc1. The normalized spacial score (nSPS) is 34.0. The van der Waals surface area contributed by atoms with E-state index >= 15 is 0 Å². The lowest BCUT2D eigenvalue weighted by molar-refractivity contribution is -0.123. The van der Waals surface area contributed by atoms with Gasteiger partial charge in [-0.25, -0.2) is 0 Å². The quantitative estimate of drug-likeness (QED) is 0.609. The van der Waals surface area contributed by atoms with Gasteiger partial charge in [-0.05, 0) is 42.5 Å². The maximum Gasteiger partial charge on any atom is 0.238 e. The molecule has 2 amide bonds. The largest absolute Gasteiger partial charge is 0.497 e. The minimum atomic E-state index is -0.139. The minimum absolute atomic E-state index is 0.0398. The van der Waals surface area contributed by atoms with Crippen molar-refractivity contribution in [2.24, 2.45) is 23.7 Å². The van der Waals surface area contributed by atoms with Gasteiger partial charge in [-0.1, -0.05) is 12.2 Å². The van der Waals surface area contributed by atoms with Crippen molar-refractivity contribution in [2.75, 3.05) is 12.0 Å². The molecule has 1 aromatic rings. The van der Waals surface area contributed by atoms with E-state index in [1.165, 1.54) is 4.90 Å². The third kappa shape index (κ3) is 1.36. The number of allylic oxidation sites excluding steroid dienone is 2. The second kappa shape index (κ2) is 3.95. The Balaban J connectivity index is 1.70. The molecule has 0 spiro atoms. The highest BCUT2D eigenvalue weighted by Gasteiger charge is 2.59. The summed E-state index contributed by atoms with van der Waals surface area (Å²) in [6.07, 6.45) is 5.17. The molecule has 0 N–H and O–H groups in total. The molecule has 0 radical (unpaired) electrons. The Kier molecular flexibility index (Phi) is 2.31. The molecule has 2 bridgehead atoms. The van der Waals surface area contributed by atoms with Crippen LogP contribution < -0.4 is 9.64 Å². The van der Waals surface area contributed by atoms with Gasteiger partial charge in [0.2, 0.25) is 11.8 Å². The Labute approximate surface area is 117 Å². The van der Waals surface area contributed by atoms with Crippen molar-refractivity contribution < 1.29 is 14.3 Å². The summed E-state index contributed by atoms with van der Waals surface area (Å²) in [5, 5.41) is 0. The second-order valence-corrected chi connectivity index (χ2v) is 5.71. The summed E-state index contributed by atoms with van der Waals surface area (Å²) >= 11 is 0. The van der Waals surface area contributed by atoms with Gasteiger partial charge in [-0.3, -0.25) is 14.5 Å². The van der Waals surface area contributed by atoms with Crippen LogP contribution in [-0.4, -0.2) is 18.9 Å². The molecule has 3 aliphatic rings. The molecule has 0 aromatic heterocycles. The molecular formula is C16H15NO3. The first-order valence-corrected chi connectivity index (χ1v) is 6.91. The number of benzene rings is 1. The molecule has 1 saturated heterocycles. The molecule has 0 unspecified atom stereocenters. The third-order valence-electron chi connectivity index (χ3n) is 4.80. The van der Waals surface area contributed by atoms with E-state index in [0.717, 1.165) is 12.2 Å². The maximum absolute atomic E-state index is 12.6. The summed E-state index contributed by atoms with van der Waals surface area (Å²) in [5.74, 6) is 0.868. The first-order valence-electron chi connectivity index (χ1n) is 6.91. The minimum Gasteiger partial charge on any atom is -0.497 e. The number of methoxy groups -OCH3 is 1. The van der Waals surface area contributed by atoms with E-state index in [1.54, 1.807) is 31.4 Å². The fourth-order valence-electron chi connectivity index (χ4n) is 3.89. The van der Waals surface area contributed by atoms with Crippen LogP contribution in [0.1, 0.15) is 6.42 Å². The fourth-order valence-corrected chi connectivity index (χ4v) is 3.89. The number of carbonyl (C=O) groups excluding carboxylic acids is 2. The number of imide groups is 1. The highest BCUT2D eigenvalue weighted by atomic mass is 16.5. The molecule has 4 atom stereocenters. The lowest BCUT2D eigenvalue weighted by Gasteiger charge is -2.17. The lowest BCUT2D eigenvalue weighted by Crippen LogP contribution is -2.32. The summed E-state index contributed by atoms with van der Waals surface area (Å²) in [5.41, 5.74) is 0.648.